The Morgan fingerprint density at radius 3 is 2.79 bits per heavy atom. The third kappa shape index (κ3) is 2.59. The molecule has 1 aromatic heterocycles. The van der Waals surface area contributed by atoms with Gasteiger partial charge < -0.3 is 4.90 Å². The van der Waals surface area contributed by atoms with E-state index in [0.717, 1.165) is 18.4 Å². The Morgan fingerprint density at radius 2 is 2.21 bits per heavy atom. The molecule has 1 aromatic rings. The predicted octanol–water partition coefficient (Wildman–Crippen LogP) is 2.64. The second kappa shape index (κ2) is 5.08. The summed E-state index contributed by atoms with van der Waals surface area (Å²) < 4.78 is 0. The maximum atomic E-state index is 12.2. The van der Waals surface area contributed by atoms with Crippen LogP contribution in [0.25, 0.3) is 0 Å². The molecule has 1 heterocycles. The average Bonchev–Trinajstić information content (AvgIpc) is 3.01. The summed E-state index contributed by atoms with van der Waals surface area (Å²) in [4.78, 5) is 22.0. The standard InChI is InChI=1S/C14H18ClN3O/c1-18(8-11-5-9-2-3-10(11)4-9)14(19)12-6-17-13(15)7-16-12/h6-7,9-11H,2-5,8H2,1H3. The van der Waals surface area contributed by atoms with Crippen molar-refractivity contribution in [2.45, 2.75) is 25.7 Å². The van der Waals surface area contributed by atoms with E-state index >= 15 is 0 Å². The van der Waals surface area contributed by atoms with Gasteiger partial charge in [-0.3, -0.25) is 4.79 Å². The lowest BCUT2D eigenvalue weighted by molar-refractivity contribution is 0.0748. The molecule has 102 valence electrons. The fourth-order valence-corrected chi connectivity index (χ4v) is 3.75. The zero-order valence-corrected chi connectivity index (χ0v) is 11.8. The van der Waals surface area contributed by atoms with Crippen molar-refractivity contribution in [3.63, 3.8) is 0 Å². The highest BCUT2D eigenvalue weighted by atomic mass is 35.5. The molecule has 0 N–H and O–H groups in total. The third-order valence-electron chi connectivity index (χ3n) is 4.58. The summed E-state index contributed by atoms with van der Waals surface area (Å²) in [5.74, 6) is 2.35. The van der Waals surface area contributed by atoms with Gasteiger partial charge in [-0.15, -0.1) is 0 Å². The van der Waals surface area contributed by atoms with Gasteiger partial charge >= 0.3 is 0 Å². The van der Waals surface area contributed by atoms with Crippen LogP contribution in [-0.4, -0.2) is 34.4 Å². The summed E-state index contributed by atoms with van der Waals surface area (Å²) in [7, 11) is 1.85. The van der Waals surface area contributed by atoms with Crippen LogP contribution in [-0.2, 0) is 0 Å². The molecule has 1 amide bonds. The molecule has 2 aliphatic carbocycles. The molecule has 2 aliphatic rings. The SMILES string of the molecule is CN(CC1CC2CCC1C2)C(=O)c1cnc(Cl)cn1. The Balaban J connectivity index is 1.62. The van der Waals surface area contributed by atoms with Crippen LogP contribution in [0, 0.1) is 17.8 Å². The van der Waals surface area contributed by atoms with E-state index in [9.17, 15) is 4.79 Å². The molecule has 4 nitrogen and oxygen atoms in total. The van der Waals surface area contributed by atoms with E-state index in [2.05, 4.69) is 9.97 Å². The lowest BCUT2D eigenvalue weighted by Gasteiger charge is -2.27. The summed E-state index contributed by atoms with van der Waals surface area (Å²) in [6.07, 6.45) is 8.25. The van der Waals surface area contributed by atoms with E-state index in [1.807, 2.05) is 7.05 Å². The zero-order chi connectivity index (χ0) is 13.4. The normalized spacial score (nSPS) is 28.6. The largest absolute Gasteiger partial charge is 0.340 e. The van der Waals surface area contributed by atoms with Crippen LogP contribution in [0.4, 0.5) is 0 Å². The zero-order valence-electron chi connectivity index (χ0n) is 11.1. The number of fused-ring (bicyclic) bond motifs is 2. The van der Waals surface area contributed by atoms with E-state index in [1.165, 1.54) is 38.1 Å². The van der Waals surface area contributed by atoms with Gasteiger partial charge in [-0.2, -0.15) is 0 Å². The van der Waals surface area contributed by atoms with Gasteiger partial charge in [0.15, 0.2) is 0 Å². The number of halogens is 1. The number of aromatic nitrogens is 2. The van der Waals surface area contributed by atoms with Crippen LogP contribution in [0.5, 0.6) is 0 Å². The number of hydrogen-bond acceptors (Lipinski definition) is 3. The van der Waals surface area contributed by atoms with Gasteiger partial charge in [0.2, 0.25) is 0 Å². The summed E-state index contributed by atoms with van der Waals surface area (Å²) in [6, 6.07) is 0. The first kappa shape index (κ1) is 12.9. The van der Waals surface area contributed by atoms with E-state index in [4.69, 9.17) is 11.6 Å². The predicted molar refractivity (Wildman–Crippen MR) is 72.9 cm³/mol. The minimum Gasteiger partial charge on any atom is -0.340 e. The number of carbonyl (C=O) groups excluding carboxylic acids is 1. The fourth-order valence-electron chi connectivity index (χ4n) is 3.65. The molecule has 2 saturated carbocycles. The van der Waals surface area contributed by atoms with Crippen LogP contribution in [0.2, 0.25) is 5.15 Å². The summed E-state index contributed by atoms with van der Waals surface area (Å²) in [5.41, 5.74) is 0.370. The minimum atomic E-state index is -0.0630. The summed E-state index contributed by atoms with van der Waals surface area (Å²) >= 11 is 5.68. The maximum Gasteiger partial charge on any atom is 0.273 e. The van der Waals surface area contributed by atoms with Crippen LogP contribution in [0.3, 0.4) is 0 Å². The molecule has 3 atom stereocenters. The number of nitrogens with zero attached hydrogens (tertiary/aromatic N) is 3. The van der Waals surface area contributed by atoms with Crippen molar-refractivity contribution in [2.24, 2.45) is 17.8 Å². The van der Waals surface area contributed by atoms with Crippen molar-refractivity contribution in [1.82, 2.24) is 14.9 Å². The Hall–Kier alpha value is -1.16. The molecular formula is C14H18ClN3O. The molecule has 5 heteroatoms. The van der Waals surface area contributed by atoms with Crippen LogP contribution >= 0.6 is 11.6 Å². The van der Waals surface area contributed by atoms with Gasteiger partial charge in [0.1, 0.15) is 10.8 Å². The lowest BCUT2D eigenvalue weighted by Crippen LogP contribution is -2.34. The van der Waals surface area contributed by atoms with Gasteiger partial charge in [0.05, 0.1) is 12.4 Å². The van der Waals surface area contributed by atoms with Crippen LogP contribution in [0.15, 0.2) is 12.4 Å². The number of amides is 1. The number of carbonyl (C=O) groups is 1. The molecule has 0 saturated heterocycles. The van der Waals surface area contributed by atoms with Crippen molar-refractivity contribution >= 4 is 17.5 Å². The Morgan fingerprint density at radius 1 is 1.37 bits per heavy atom. The smallest absolute Gasteiger partial charge is 0.273 e. The summed E-state index contributed by atoms with van der Waals surface area (Å²) in [5, 5.41) is 0.312. The van der Waals surface area contributed by atoms with Gasteiger partial charge in [-0.25, -0.2) is 9.97 Å². The van der Waals surface area contributed by atoms with Gasteiger partial charge in [-0.05, 0) is 37.0 Å². The van der Waals surface area contributed by atoms with Gasteiger partial charge in [0.25, 0.3) is 5.91 Å². The quantitative estimate of drug-likeness (QED) is 0.854. The molecule has 0 aliphatic heterocycles. The highest BCUT2D eigenvalue weighted by Crippen LogP contribution is 2.48. The second-order valence-corrected chi connectivity index (χ2v) is 6.23. The van der Waals surface area contributed by atoms with Gasteiger partial charge in [0, 0.05) is 13.6 Å². The van der Waals surface area contributed by atoms with E-state index in [1.54, 1.807) is 4.90 Å². The molecule has 19 heavy (non-hydrogen) atoms. The Bertz CT molecular complexity index is 476. The first-order valence-corrected chi connectivity index (χ1v) is 7.24. The van der Waals surface area contributed by atoms with Crippen molar-refractivity contribution in [2.75, 3.05) is 13.6 Å². The molecule has 2 bridgehead atoms. The summed E-state index contributed by atoms with van der Waals surface area (Å²) in [6.45, 7) is 0.838. The van der Waals surface area contributed by atoms with E-state index in [-0.39, 0.29) is 5.91 Å². The van der Waals surface area contributed by atoms with E-state index < -0.39 is 0 Å². The van der Waals surface area contributed by atoms with E-state index in [0.29, 0.717) is 16.8 Å². The average molecular weight is 280 g/mol. The molecular weight excluding hydrogens is 262 g/mol. The van der Waals surface area contributed by atoms with Crippen molar-refractivity contribution in [3.05, 3.63) is 23.2 Å². The monoisotopic (exact) mass is 279 g/mol. The molecule has 0 aromatic carbocycles. The minimum absolute atomic E-state index is 0.0630. The molecule has 3 rings (SSSR count). The Kier molecular flexibility index (Phi) is 3.44. The molecule has 2 fully saturated rings. The number of hydrogen-bond donors (Lipinski definition) is 0. The topological polar surface area (TPSA) is 46.1 Å². The number of rotatable bonds is 3. The highest BCUT2D eigenvalue weighted by molar-refractivity contribution is 6.29. The van der Waals surface area contributed by atoms with Crippen molar-refractivity contribution in [1.29, 1.82) is 0 Å². The fraction of sp³-hybridized carbons (Fsp3) is 0.643. The third-order valence-corrected chi connectivity index (χ3v) is 4.77. The Labute approximate surface area is 118 Å². The second-order valence-electron chi connectivity index (χ2n) is 5.84. The van der Waals surface area contributed by atoms with Crippen molar-refractivity contribution in [3.8, 4) is 0 Å². The van der Waals surface area contributed by atoms with Gasteiger partial charge in [-0.1, -0.05) is 18.0 Å². The molecule has 3 unspecified atom stereocenters. The first-order chi connectivity index (χ1) is 9.13. The highest BCUT2D eigenvalue weighted by Gasteiger charge is 2.40. The lowest BCUT2D eigenvalue weighted by atomic mass is 9.88. The van der Waals surface area contributed by atoms with Crippen LogP contribution < -0.4 is 0 Å². The molecule has 0 radical (unpaired) electrons. The molecule has 0 spiro atoms. The first-order valence-electron chi connectivity index (χ1n) is 6.86. The maximum absolute atomic E-state index is 12.2. The van der Waals surface area contributed by atoms with Crippen LogP contribution in [0.1, 0.15) is 36.2 Å². The van der Waals surface area contributed by atoms with Crippen molar-refractivity contribution < 1.29 is 4.79 Å².